The molecule has 0 unspecified atom stereocenters. The highest BCUT2D eigenvalue weighted by Crippen LogP contribution is 2.27. The maximum absolute atomic E-state index is 12.8. The molecule has 0 aliphatic carbocycles. The third-order valence-electron chi connectivity index (χ3n) is 4.94. The fourth-order valence-corrected chi connectivity index (χ4v) is 3.57. The molecule has 0 spiro atoms. The number of benzene rings is 1. The summed E-state index contributed by atoms with van der Waals surface area (Å²) >= 11 is 0. The van der Waals surface area contributed by atoms with Crippen molar-refractivity contribution in [2.24, 2.45) is 0 Å². The van der Waals surface area contributed by atoms with E-state index in [1.54, 1.807) is 10.6 Å². The molecule has 1 aliphatic rings. The van der Waals surface area contributed by atoms with Crippen molar-refractivity contribution in [1.29, 1.82) is 0 Å². The number of aromatic nitrogens is 3. The average molecular weight is 363 g/mol. The number of hydrogen-bond acceptors (Lipinski definition) is 6. The third kappa shape index (κ3) is 2.53. The minimum Gasteiger partial charge on any atom is -0.424 e. The number of imidazole rings is 1. The number of fused-ring (bicyclic) bond motifs is 2. The second-order valence-electron chi connectivity index (χ2n) is 6.65. The number of oxazole rings is 1. The van der Waals surface area contributed by atoms with Crippen LogP contribution in [-0.4, -0.2) is 43.1 Å². The SMILES string of the molecule is Nc1nc2cc(-c3ccc4ncc(C(=O)N5CCC[C@@H]5O)n4c3)ccc2o1. The van der Waals surface area contributed by atoms with Crippen LogP contribution in [0, 0.1) is 0 Å². The molecule has 0 saturated carbocycles. The lowest BCUT2D eigenvalue weighted by atomic mass is 10.1. The number of nitrogen functional groups attached to an aromatic ring is 1. The Kier molecular flexibility index (Phi) is 3.41. The topological polar surface area (TPSA) is 110 Å². The van der Waals surface area contributed by atoms with Crippen LogP contribution in [0.25, 0.3) is 27.9 Å². The Morgan fingerprint density at radius 2 is 2.11 bits per heavy atom. The number of carbonyl (C=O) groups excluding carboxylic acids is 1. The van der Waals surface area contributed by atoms with E-state index in [-0.39, 0.29) is 11.9 Å². The molecule has 136 valence electrons. The summed E-state index contributed by atoms with van der Waals surface area (Å²) < 4.78 is 7.07. The van der Waals surface area contributed by atoms with Gasteiger partial charge in [0, 0.05) is 12.7 Å². The van der Waals surface area contributed by atoms with E-state index in [4.69, 9.17) is 10.2 Å². The van der Waals surface area contributed by atoms with Crippen molar-refractivity contribution in [2.45, 2.75) is 19.1 Å². The normalized spacial score (nSPS) is 17.2. The van der Waals surface area contributed by atoms with Gasteiger partial charge in [0.05, 0.1) is 6.20 Å². The van der Waals surface area contributed by atoms with Crippen LogP contribution < -0.4 is 5.73 Å². The first-order valence-electron chi connectivity index (χ1n) is 8.73. The van der Waals surface area contributed by atoms with Gasteiger partial charge in [-0.25, -0.2) is 4.98 Å². The molecule has 4 aromatic rings. The van der Waals surface area contributed by atoms with Gasteiger partial charge in [0.1, 0.15) is 23.1 Å². The van der Waals surface area contributed by atoms with Crippen LogP contribution in [0.3, 0.4) is 0 Å². The van der Waals surface area contributed by atoms with Crippen LogP contribution in [0.15, 0.2) is 47.1 Å². The zero-order chi connectivity index (χ0) is 18.5. The van der Waals surface area contributed by atoms with Gasteiger partial charge in [-0.1, -0.05) is 6.07 Å². The molecule has 1 atom stereocenters. The molecule has 0 bridgehead atoms. The van der Waals surface area contributed by atoms with Gasteiger partial charge in [-0.2, -0.15) is 4.98 Å². The van der Waals surface area contributed by atoms with E-state index in [9.17, 15) is 9.90 Å². The Balaban J connectivity index is 1.58. The zero-order valence-corrected chi connectivity index (χ0v) is 14.4. The van der Waals surface area contributed by atoms with Crippen molar-refractivity contribution < 1.29 is 14.3 Å². The molecule has 1 saturated heterocycles. The predicted molar refractivity (Wildman–Crippen MR) is 98.9 cm³/mol. The first-order valence-corrected chi connectivity index (χ1v) is 8.73. The number of nitrogens with two attached hydrogens (primary N) is 1. The van der Waals surface area contributed by atoms with Crippen LogP contribution in [0.2, 0.25) is 0 Å². The molecule has 5 rings (SSSR count). The van der Waals surface area contributed by atoms with E-state index in [0.717, 1.165) is 17.5 Å². The third-order valence-corrected chi connectivity index (χ3v) is 4.94. The number of likely N-dealkylation sites (tertiary alicyclic amines) is 1. The number of anilines is 1. The van der Waals surface area contributed by atoms with E-state index >= 15 is 0 Å². The quantitative estimate of drug-likeness (QED) is 0.565. The number of nitrogens with zero attached hydrogens (tertiary/aromatic N) is 4. The summed E-state index contributed by atoms with van der Waals surface area (Å²) in [5.74, 6) is -0.218. The van der Waals surface area contributed by atoms with Gasteiger partial charge in [-0.15, -0.1) is 0 Å². The maximum Gasteiger partial charge on any atom is 0.292 e. The highest BCUT2D eigenvalue weighted by Gasteiger charge is 2.29. The number of amides is 1. The van der Waals surface area contributed by atoms with Crippen molar-refractivity contribution >= 4 is 28.7 Å². The largest absolute Gasteiger partial charge is 0.424 e. The van der Waals surface area contributed by atoms with E-state index in [0.29, 0.717) is 35.4 Å². The second-order valence-corrected chi connectivity index (χ2v) is 6.65. The molecule has 1 aromatic carbocycles. The van der Waals surface area contributed by atoms with Gasteiger partial charge in [-0.05, 0) is 48.2 Å². The van der Waals surface area contributed by atoms with E-state index in [2.05, 4.69) is 9.97 Å². The Labute approximate surface area is 153 Å². The fourth-order valence-electron chi connectivity index (χ4n) is 3.57. The van der Waals surface area contributed by atoms with Crippen LogP contribution in [0.4, 0.5) is 6.01 Å². The van der Waals surface area contributed by atoms with Gasteiger partial charge in [0.25, 0.3) is 11.9 Å². The van der Waals surface area contributed by atoms with Crippen molar-refractivity contribution in [1.82, 2.24) is 19.3 Å². The van der Waals surface area contributed by atoms with Crippen molar-refractivity contribution in [3.05, 3.63) is 48.4 Å². The van der Waals surface area contributed by atoms with E-state index in [1.807, 2.05) is 36.5 Å². The average Bonchev–Trinajstić information content (AvgIpc) is 3.36. The number of aliphatic hydroxyl groups is 1. The number of carbonyl (C=O) groups is 1. The van der Waals surface area contributed by atoms with Crippen molar-refractivity contribution in [3.63, 3.8) is 0 Å². The Morgan fingerprint density at radius 1 is 1.26 bits per heavy atom. The van der Waals surface area contributed by atoms with E-state index < -0.39 is 6.23 Å². The Morgan fingerprint density at radius 3 is 2.93 bits per heavy atom. The fraction of sp³-hybridized carbons (Fsp3) is 0.211. The summed E-state index contributed by atoms with van der Waals surface area (Å²) in [4.78, 5) is 22.8. The summed E-state index contributed by atoms with van der Waals surface area (Å²) in [6, 6.07) is 9.54. The van der Waals surface area contributed by atoms with Crippen molar-refractivity contribution in [3.8, 4) is 11.1 Å². The Bertz CT molecular complexity index is 1180. The predicted octanol–water partition coefficient (Wildman–Crippen LogP) is 2.28. The lowest BCUT2D eigenvalue weighted by Crippen LogP contribution is -2.35. The van der Waals surface area contributed by atoms with Crippen LogP contribution in [0.5, 0.6) is 0 Å². The minimum atomic E-state index is -0.730. The number of pyridine rings is 1. The molecule has 0 radical (unpaired) electrons. The smallest absolute Gasteiger partial charge is 0.292 e. The number of rotatable bonds is 2. The van der Waals surface area contributed by atoms with Gasteiger partial charge in [0.2, 0.25) is 0 Å². The van der Waals surface area contributed by atoms with Crippen LogP contribution >= 0.6 is 0 Å². The first-order chi connectivity index (χ1) is 13.1. The van der Waals surface area contributed by atoms with Gasteiger partial charge >= 0.3 is 0 Å². The number of hydrogen-bond donors (Lipinski definition) is 2. The molecule has 27 heavy (non-hydrogen) atoms. The minimum absolute atomic E-state index is 0.129. The zero-order valence-electron chi connectivity index (χ0n) is 14.4. The van der Waals surface area contributed by atoms with Gasteiger partial charge in [0.15, 0.2) is 5.58 Å². The summed E-state index contributed by atoms with van der Waals surface area (Å²) in [6.45, 7) is 0.553. The summed E-state index contributed by atoms with van der Waals surface area (Å²) in [5, 5.41) is 10.0. The highest BCUT2D eigenvalue weighted by molar-refractivity contribution is 5.94. The van der Waals surface area contributed by atoms with E-state index in [1.165, 1.54) is 4.90 Å². The molecule has 1 aliphatic heterocycles. The molecule has 3 N–H and O–H groups in total. The van der Waals surface area contributed by atoms with Crippen molar-refractivity contribution in [2.75, 3.05) is 12.3 Å². The molecular weight excluding hydrogens is 346 g/mol. The summed E-state index contributed by atoms with van der Waals surface area (Å²) in [6.07, 6.45) is 4.09. The Hall–Kier alpha value is -3.39. The van der Waals surface area contributed by atoms with Gasteiger partial charge < -0.3 is 20.2 Å². The van der Waals surface area contributed by atoms with Gasteiger partial charge in [-0.3, -0.25) is 9.20 Å². The molecular formula is C19H17N5O3. The first kappa shape index (κ1) is 15.8. The summed E-state index contributed by atoms with van der Waals surface area (Å²) in [7, 11) is 0. The highest BCUT2D eigenvalue weighted by atomic mass is 16.4. The monoisotopic (exact) mass is 363 g/mol. The molecule has 1 amide bonds. The lowest BCUT2D eigenvalue weighted by Gasteiger charge is -2.19. The molecule has 8 nitrogen and oxygen atoms in total. The number of aliphatic hydroxyl groups excluding tert-OH is 1. The lowest BCUT2D eigenvalue weighted by molar-refractivity contribution is 0.0287. The standard InChI is InChI=1S/C19H17N5O3/c20-19-22-13-8-11(3-5-15(13)27-19)12-4-6-16-21-9-14(24(16)10-12)18(26)23-7-1-2-17(23)25/h3-6,8-10,17,25H,1-2,7H2,(H2,20,22)/t17-/m0/s1. The maximum atomic E-state index is 12.8. The molecule has 1 fully saturated rings. The summed E-state index contributed by atoms with van der Waals surface area (Å²) in [5.41, 5.74) is 9.83. The molecule has 4 heterocycles. The molecule has 3 aromatic heterocycles. The van der Waals surface area contributed by atoms with Crippen LogP contribution in [0.1, 0.15) is 23.3 Å². The second kappa shape index (κ2) is 5.82. The van der Waals surface area contributed by atoms with Crippen LogP contribution in [-0.2, 0) is 0 Å². The molecule has 8 heteroatoms.